The molecule has 0 amide bonds. The van der Waals surface area contributed by atoms with E-state index in [9.17, 15) is 0 Å². The lowest BCUT2D eigenvalue weighted by atomic mass is 10.2. The number of unbranched alkanes of at least 4 members (excludes halogenated alkanes) is 3. The summed E-state index contributed by atoms with van der Waals surface area (Å²) in [5, 5.41) is 0. The van der Waals surface area contributed by atoms with Gasteiger partial charge >= 0.3 is 6.01 Å². The topological polar surface area (TPSA) is 79.9 Å². The number of ether oxygens (including phenoxy) is 1. The summed E-state index contributed by atoms with van der Waals surface area (Å²) in [4.78, 5) is 18.0. The number of likely N-dealkylation sites (tertiary alicyclic amines) is 1. The Morgan fingerprint density at radius 2 is 1.88 bits per heavy atom. The standard InChI is InChI=1S/C19H32N6O/c1-2-3-13-26-19-22-16-14-25(15-21-17(16)18(20)23-19)12-6-4-5-9-24-10-7-8-11-24/h15H,2-14H2,1H3,(H2,20,22,23). The van der Waals surface area contributed by atoms with Crippen LogP contribution in [0.4, 0.5) is 11.5 Å². The van der Waals surface area contributed by atoms with E-state index in [-0.39, 0.29) is 0 Å². The number of aromatic nitrogens is 2. The van der Waals surface area contributed by atoms with Crippen LogP contribution in [0.3, 0.4) is 0 Å². The van der Waals surface area contributed by atoms with Crippen LogP contribution in [0.25, 0.3) is 0 Å². The maximum absolute atomic E-state index is 6.02. The number of aliphatic imine (C=N–C) groups is 1. The number of hydrogen-bond donors (Lipinski definition) is 1. The minimum Gasteiger partial charge on any atom is -0.463 e. The van der Waals surface area contributed by atoms with E-state index >= 15 is 0 Å². The van der Waals surface area contributed by atoms with Gasteiger partial charge in [0.2, 0.25) is 0 Å². The predicted molar refractivity (Wildman–Crippen MR) is 105 cm³/mol. The Morgan fingerprint density at radius 1 is 1.08 bits per heavy atom. The van der Waals surface area contributed by atoms with Crippen LogP contribution in [0, 0.1) is 0 Å². The molecule has 3 heterocycles. The average molecular weight is 361 g/mol. The summed E-state index contributed by atoms with van der Waals surface area (Å²) in [6.07, 6.45) is 10.4. The molecule has 0 saturated carbocycles. The lowest BCUT2D eigenvalue weighted by Gasteiger charge is -2.24. The SMILES string of the molecule is CCCCOc1nc(N)c2c(n1)CN(CCCCCN1CCCC1)C=N2. The molecule has 0 aliphatic carbocycles. The van der Waals surface area contributed by atoms with Gasteiger partial charge in [0.05, 0.1) is 25.2 Å². The fourth-order valence-corrected chi connectivity index (χ4v) is 3.46. The van der Waals surface area contributed by atoms with Crippen molar-refractivity contribution in [3.8, 4) is 6.01 Å². The Kier molecular flexibility index (Phi) is 7.05. The van der Waals surface area contributed by atoms with Crippen molar-refractivity contribution in [2.45, 2.75) is 58.4 Å². The zero-order chi connectivity index (χ0) is 18.2. The smallest absolute Gasteiger partial charge is 0.318 e. The molecule has 2 aliphatic heterocycles. The molecule has 0 aromatic carbocycles. The zero-order valence-corrected chi connectivity index (χ0v) is 16.0. The van der Waals surface area contributed by atoms with Crippen LogP contribution >= 0.6 is 0 Å². The van der Waals surface area contributed by atoms with Gasteiger partial charge in [0.1, 0.15) is 5.69 Å². The molecule has 144 valence electrons. The van der Waals surface area contributed by atoms with Gasteiger partial charge in [-0.25, -0.2) is 4.99 Å². The molecule has 0 unspecified atom stereocenters. The second-order valence-corrected chi connectivity index (χ2v) is 7.21. The van der Waals surface area contributed by atoms with Crippen molar-refractivity contribution in [3.05, 3.63) is 5.69 Å². The van der Waals surface area contributed by atoms with Crippen molar-refractivity contribution in [1.82, 2.24) is 19.8 Å². The summed E-state index contributed by atoms with van der Waals surface area (Å²) in [7, 11) is 0. The van der Waals surface area contributed by atoms with Crippen molar-refractivity contribution < 1.29 is 4.74 Å². The van der Waals surface area contributed by atoms with Gasteiger partial charge in [0.15, 0.2) is 5.82 Å². The van der Waals surface area contributed by atoms with Gasteiger partial charge in [-0.05, 0) is 51.7 Å². The molecule has 1 aromatic heterocycles. The Labute approximate surface area is 156 Å². The lowest BCUT2D eigenvalue weighted by molar-refractivity contribution is 0.283. The molecule has 0 radical (unpaired) electrons. The summed E-state index contributed by atoms with van der Waals surface area (Å²) in [6.45, 7) is 8.31. The molecule has 0 atom stereocenters. The predicted octanol–water partition coefficient (Wildman–Crippen LogP) is 2.98. The van der Waals surface area contributed by atoms with Crippen LogP contribution in [0.2, 0.25) is 0 Å². The van der Waals surface area contributed by atoms with E-state index in [1.54, 1.807) is 0 Å². The summed E-state index contributed by atoms with van der Waals surface area (Å²) in [5.74, 6) is 0.406. The largest absolute Gasteiger partial charge is 0.463 e. The second-order valence-electron chi connectivity index (χ2n) is 7.21. The third kappa shape index (κ3) is 5.30. The number of hydrogen-bond acceptors (Lipinski definition) is 7. The van der Waals surface area contributed by atoms with E-state index in [1.165, 1.54) is 51.7 Å². The summed E-state index contributed by atoms with van der Waals surface area (Å²) in [6, 6.07) is 0.373. The summed E-state index contributed by atoms with van der Waals surface area (Å²) < 4.78 is 5.61. The summed E-state index contributed by atoms with van der Waals surface area (Å²) >= 11 is 0. The number of nitrogens with two attached hydrogens (primary N) is 1. The molecule has 2 N–H and O–H groups in total. The van der Waals surface area contributed by atoms with Gasteiger partial charge in [-0.3, -0.25) is 0 Å². The first-order valence-electron chi connectivity index (χ1n) is 10.1. The number of nitrogens with zero attached hydrogens (tertiary/aromatic N) is 5. The molecule has 2 aliphatic rings. The van der Waals surface area contributed by atoms with Gasteiger partial charge < -0.3 is 20.3 Å². The zero-order valence-electron chi connectivity index (χ0n) is 16.0. The fraction of sp³-hybridized carbons (Fsp3) is 0.737. The van der Waals surface area contributed by atoms with Gasteiger partial charge in [0.25, 0.3) is 0 Å². The minimum atomic E-state index is 0.373. The quantitative estimate of drug-likeness (QED) is 0.646. The minimum absolute atomic E-state index is 0.373. The molecule has 7 heteroatoms. The Bertz CT molecular complexity index is 600. The molecule has 1 saturated heterocycles. The highest BCUT2D eigenvalue weighted by molar-refractivity contribution is 5.72. The first kappa shape index (κ1) is 18.9. The van der Waals surface area contributed by atoms with Gasteiger partial charge in [-0.1, -0.05) is 19.8 Å². The highest BCUT2D eigenvalue weighted by atomic mass is 16.5. The van der Waals surface area contributed by atoms with Crippen molar-refractivity contribution >= 4 is 17.8 Å². The lowest BCUT2D eigenvalue weighted by Crippen LogP contribution is -2.26. The van der Waals surface area contributed by atoms with Crippen molar-refractivity contribution in [2.75, 3.05) is 38.5 Å². The van der Waals surface area contributed by atoms with E-state index in [1.807, 2.05) is 6.34 Å². The maximum Gasteiger partial charge on any atom is 0.318 e. The molecule has 1 fully saturated rings. The van der Waals surface area contributed by atoms with Gasteiger partial charge in [-0.15, -0.1) is 0 Å². The van der Waals surface area contributed by atoms with Gasteiger partial charge in [-0.2, -0.15) is 9.97 Å². The normalized spacial score (nSPS) is 16.9. The van der Waals surface area contributed by atoms with Crippen LogP contribution in [-0.4, -0.2) is 58.9 Å². The number of anilines is 1. The molecular formula is C19H32N6O. The highest BCUT2D eigenvalue weighted by Gasteiger charge is 2.18. The van der Waals surface area contributed by atoms with Crippen LogP contribution in [0.1, 0.15) is 57.6 Å². The van der Waals surface area contributed by atoms with Crippen molar-refractivity contribution in [2.24, 2.45) is 4.99 Å². The molecule has 0 spiro atoms. The second kappa shape index (κ2) is 9.71. The number of fused-ring (bicyclic) bond motifs is 1. The third-order valence-electron chi connectivity index (χ3n) is 5.01. The maximum atomic E-state index is 6.02. The monoisotopic (exact) mass is 360 g/mol. The number of nitrogen functional groups attached to an aromatic ring is 1. The molecule has 3 rings (SSSR count). The van der Waals surface area contributed by atoms with Crippen molar-refractivity contribution in [1.29, 1.82) is 0 Å². The van der Waals surface area contributed by atoms with Crippen molar-refractivity contribution in [3.63, 3.8) is 0 Å². The Hall–Kier alpha value is -1.89. The molecule has 0 bridgehead atoms. The molecule has 1 aromatic rings. The Balaban J connectivity index is 1.44. The fourth-order valence-electron chi connectivity index (χ4n) is 3.46. The summed E-state index contributed by atoms with van der Waals surface area (Å²) in [5.41, 5.74) is 7.58. The van der Waals surface area contributed by atoms with E-state index in [2.05, 4.69) is 31.7 Å². The molecule has 7 nitrogen and oxygen atoms in total. The highest BCUT2D eigenvalue weighted by Crippen LogP contribution is 2.29. The first-order chi connectivity index (χ1) is 12.8. The Morgan fingerprint density at radius 3 is 2.69 bits per heavy atom. The van der Waals surface area contributed by atoms with E-state index in [0.29, 0.717) is 24.1 Å². The van der Waals surface area contributed by atoms with Crippen LogP contribution in [-0.2, 0) is 6.54 Å². The third-order valence-corrected chi connectivity index (χ3v) is 5.01. The van der Waals surface area contributed by atoms with E-state index in [4.69, 9.17) is 10.5 Å². The number of rotatable bonds is 10. The first-order valence-corrected chi connectivity index (χ1v) is 10.1. The van der Waals surface area contributed by atoms with Crippen LogP contribution in [0.15, 0.2) is 4.99 Å². The van der Waals surface area contributed by atoms with Crippen LogP contribution < -0.4 is 10.5 Å². The van der Waals surface area contributed by atoms with E-state index in [0.717, 1.165) is 31.6 Å². The van der Waals surface area contributed by atoms with E-state index < -0.39 is 0 Å². The molecular weight excluding hydrogens is 328 g/mol. The molecule has 26 heavy (non-hydrogen) atoms. The van der Waals surface area contributed by atoms with Gasteiger partial charge in [0, 0.05) is 6.54 Å². The average Bonchev–Trinajstić information content (AvgIpc) is 3.15. The van der Waals surface area contributed by atoms with Crippen LogP contribution in [0.5, 0.6) is 6.01 Å².